The molecule has 0 aliphatic carbocycles. The van der Waals surface area contributed by atoms with Gasteiger partial charge in [-0.25, -0.2) is 4.58 Å². The molecular weight excluding hydrogens is 214 g/mol. The highest BCUT2D eigenvalue weighted by Gasteiger charge is 2.16. The summed E-state index contributed by atoms with van der Waals surface area (Å²) < 4.78 is 2.34. The third-order valence-corrected chi connectivity index (χ3v) is 3.38. The minimum absolute atomic E-state index is 0.924. The zero-order valence-electron chi connectivity index (χ0n) is 9.41. The first-order valence-corrected chi connectivity index (χ1v) is 6.60. The minimum atomic E-state index is 0.924. The smallest absolute Gasteiger partial charge is 0.223 e. The van der Waals surface area contributed by atoms with E-state index in [9.17, 15) is 0 Å². The third kappa shape index (κ3) is 2.84. The van der Waals surface area contributed by atoms with E-state index >= 15 is 0 Å². The molecule has 16 heavy (non-hydrogen) atoms. The molecule has 0 amide bonds. The molecule has 2 heterocycles. The lowest BCUT2D eigenvalue weighted by Gasteiger charge is -2.09. The molecule has 2 rings (SSSR count). The SMILES string of the molecule is C=CC[N+]1=C(C#Cc2ccsc2)CCCC1. The van der Waals surface area contributed by atoms with Crippen LogP contribution in [0.5, 0.6) is 0 Å². The highest BCUT2D eigenvalue weighted by atomic mass is 32.1. The molecule has 0 saturated carbocycles. The molecule has 0 spiro atoms. The second-order valence-electron chi connectivity index (χ2n) is 3.90. The maximum Gasteiger partial charge on any atom is 0.227 e. The number of nitrogens with zero attached hydrogens (tertiary/aromatic N) is 1. The lowest BCUT2D eigenvalue weighted by atomic mass is 10.1. The van der Waals surface area contributed by atoms with Crippen LogP contribution in [-0.2, 0) is 0 Å². The van der Waals surface area contributed by atoms with Crippen LogP contribution in [0.25, 0.3) is 0 Å². The summed E-state index contributed by atoms with van der Waals surface area (Å²) in [5.41, 5.74) is 2.40. The van der Waals surface area contributed by atoms with E-state index in [1.807, 2.05) is 6.08 Å². The molecule has 82 valence electrons. The topological polar surface area (TPSA) is 3.01 Å². The van der Waals surface area contributed by atoms with Crippen molar-refractivity contribution in [1.29, 1.82) is 0 Å². The number of hydrogen-bond donors (Lipinski definition) is 0. The van der Waals surface area contributed by atoms with E-state index in [4.69, 9.17) is 0 Å². The lowest BCUT2D eigenvalue weighted by Crippen LogP contribution is -2.25. The molecule has 0 N–H and O–H groups in total. The van der Waals surface area contributed by atoms with Gasteiger partial charge in [0.1, 0.15) is 6.54 Å². The van der Waals surface area contributed by atoms with Crippen LogP contribution in [0.1, 0.15) is 24.8 Å². The van der Waals surface area contributed by atoms with Crippen molar-refractivity contribution in [3.05, 3.63) is 35.0 Å². The summed E-state index contributed by atoms with van der Waals surface area (Å²) in [6, 6.07) is 2.07. The molecule has 1 aromatic rings. The average Bonchev–Trinajstić information content (AvgIpc) is 2.81. The first-order chi connectivity index (χ1) is 7.90. The zero-order chi connectivity index (χ0) is 11.2. The summed E-state index contributed by atoms with van der Waals surface area (Å²) >= 11 is 1.70. The number of hydrogen-bond acceptors (Lipinski definition) is 1. The number of rotatable bonds is 2. The van der Waals surface area contributed by atoms with E-state index in [-0.39, 0.29) is 0 Å². The van der Waals surface area contributed by atoms with Crippen molar-refractivity contribution in [2.75, 3.05) is 13.1 Å². The Balaban J connectivity index is 2.19. The first kappa shape index (κ1) is 11.2. The fourth-order valence-corrected chi connectivity index (χ4v) is 2.45. The molecule has 1 nitrogen and oxygen atoms in total. The molecule has 0 bridgehead atoms. The lowest BCUT2D eigenvalue weighted by molar-refractivity contribution is -0.521. The van der Waals surface area contributed by atoms with Crippen LogP contribution in [0.4, 0.5) is 0 Å². The van der Waals surface area contributed by atoms with E-state index in [1.54, 1.807) is 11.3 Å². The Labute approximate surface area is 101 Å². The maximum absolute atomic E-state index is 3.80. The molecule has 0 fully saturated rings. The summed E-state index contributed by atoms with van der Waals surface area (Å²) in [5, 5.41) is 4.16. The summed E-state index contributed by atoms with van der Waals surface area (Å²) in [7, 11) is 0. The Morgan fingerprint density at radius 2 is 2.38 bits per heavy atom. The molecule has 0 unspecified atom stereocenters. The van der Waals surface area contributed by atoms with Crippen LogP contribution in [0, 0.1) is 11.8 Å². The van der Waals surface area contributed by atoms with Gasteiger partial charge in [0.25, 0.3) is 0 Å². The van der Waals surface area contributed by atoms with E-state index in [1.165, 1.54) is 18.6 Å². The maximum atomic E-state index is 3.80. The average molecular weight is 230 g/mol. The highest BCUT2D eigenvalue weighted by molar-refractivity contribution is 7.08. The Kier molecular flexibility index (Phi) is 3.96. The minimum Gasteiger partial charge on any atom is -0.223 e. The van der Waals surface area contributed by atoms with Crippen molar-refractivity contribution >= 4 is 17.0 Å². The van der Waals surface area contributed by atoms with Crippen LogP contribution in [0.2, 0.25) is 0 Å². The van der Waals surface area contributed by atoms with E-state index in [2.05, 4.69) is 39.8 Å². The van der Waals surface area contributed by atoms with Gasteiger partial charge in [0, 0.05) is 29.7 Å². The molecule has 1 aliphatic rings. The van der Waals surface area contributed by atoms with Gasteiger partial charge >= 0.3 is 0 Å². The summed E-state index contributed by atoms with van der Waals surface area (Å²) in [6.45, 7) is 5.85. The van der Waals surface area contributed by atoms with Crippen LogP contribution in [0.15, 0.2) is 29.5 Å². The van der Waals surface area contributed by atoms with E-state index in [0.717, 1.165) is 25.1 Å². The van der Waals surface area contributed by atoms with Gasteiger partial charge in [-0.3, -0.25) is 0 Å². The molecule has 0 atom stereocenters. The molecule has 2 heteroatoms. The third-order valence-electron chi connectivity index (χ3n) is 2.70. The monoisotopic (exact) mass is 230 g/mol. The predicted molar refractivity (Wildman–Crippen MR) is 70.2 cm³/mol. The Morgan fingerprint density at radius 3 is 3.12 bits per heavy atom. The van der Waals surface area contributed by atoms with Crippen molar-refractivity contribution in [2.45, 2.75) is 19.3 Å². The van der Waals surface area contributed by atoms with E-state index < -0.39 is 0 Å². The van der Waals surface area contributed by atoms with Gasteiger partial charge in [-0.1, -0.05) is 12.5 Å². The normalized spacial score (nSPS) is 15.5. The first-order valence-electron chi connectivity index (χ1n) is 5.66. The van der Waals surface area contributed by atoms with Gasteiger partial charge in [0.05, 0.1) is 0 Å². The predicted octanol–water partition coefficient (Wildman–Crippen LogP) is 2.92. The van der Waals surface area contributed by atoms with E-state index in [0.29, 0.717) is 0 Å². The second-order valence-corrected chi connectivity index (χ2v) is 4.68. The Hall–Kier alpha value is -1.33. The summed E-state index contributed by atoms with van der Waals surface area (Å²) in [4.78, 5) is 0. The molecule has 0 radical (unpaired) electrons. The quantitative estimate of drug-likeness (QED) is 0.417. The van der Waals surface area contributed by atoms with Crippen molar-refractivity contribution in [3.8, 4) is 11.8 Å². The zero-order valence-corrected chi connectivity index (χ0v) is 10.2. The second kappa shape index (κ2) is 5.67. The highest BCUT2D eigenvalue weighted by Crippen LogP contribution is 2.07. The molecular formula is C14H16NS+. The van der Waals surface area contributed by atoms with Crippen molar-refractivity contribution < 1.29 is 4.58 Å². The van der Waals surface area contributed by atoms with Crippen molar-refractivity contribution in [1.82, 2.24) is 0 Å². The van der Waals surface area contributed by atoms with Crippen LogP contribution in [-0.4, -0.2) is 23.4 Å². The van der Waals surface area contributed by atoms with Crippen molar-refractivity contribution in [3.63, 3.8) is 0 Å². The van der Waals surface area contributed by atoms with Crippen LogP contribution < -0.4 is 0 Å². The van der Waals surface area contributed by atoms with Gasteiger partial charge in [-0.15, -0.1) is 0 Å². The molecule has 1 aliphatic heterocycles. The Bertz CT molecular complexity index is 443. The standard InChI is InChI=1S/C14H16NS/c1-2-9-15-10-4-3-5-14(15)7-6-13-8-11-16-12-13/h2,8,11-12H,1,3-5,9-10H2/q+1. The van der Waals surface area contributed by atoms with Gasteiger partial charge in [0.2, 0.25) is 5.71 Å². The van der Waals surface area contributed by atoms with Gasteiger partial charge in [-0.05, 0) is 23.9 Å². The molecule has 0 saturated heterocycles. The Morgan fingerprint density at radius 1 is 1.44 bits per heavy atom. The largest absolute Gasteiger partial charge is 0.227 e. The number of thiophene rings is 1. The van der Waals surface area contributed by atoms with Gasteiger partial charge < -0.3 is 0 Å². The summed E-state index contributed by atoms with van der Waals surface area (Å²) in [6.07, 6.45) is 5.61. The van der Waals surface area contributed by atoms with Crippen molar-refractivity contribution in [2.24, 2.45) is 0 Å². The van der Waals surface area contributed by atoms with Crippen LogP contribution >= 0.6 is 11.3 Å². The molecule has 1 aromatic heterocycles. The summed E-state index contributed by atoms with van der Waals surface area (Å²) in [5.74, 6) is 6.54. The fraction of sp³-hybridized carbons (Fsp3) is 0.357. The molecule has 0 aromatic carbocycles. The fourth-order valence-electron chi connectivity index (χ4n) is 1.87. The van der Waals surface area contributed by atoms with Gasteiger partial charge in [0.15, 0.2) is 6.54 Å². The van der Waals surface area contributed by atoms with Crippen LogP contribution in [0.3, 0.4) is 0 Å². The van der Waals surface area contributed by atoms with Gasteiger partial charge in [-0.2, -0.15) is 11.3 Å².